The molecule has 0 aliphatic carbocycles. The number of hydrogen-bond donors (Lipinski definition) is 2. The van der Waals surface area contributed by atoms with Crippen molar-refractivity contribution in [2.45, 2.75) is 19.8 Å². The Morgan fingerprint density at radius 2 is 2.00 bits per heavy atom. The largest absolute Gasteiger partial charge is 0.382 e. The van der Waals surface area contributed by atoms with Gasteiger partial charge in [-0.05, 0) is 37.0 Å². The van der Waals surface area contributed by atoms with E-state index in [2.05, 4.69) is 33.6 Å². The van der Waals surface area contributed by atoms with Gasteiger partial charge in [0, 0.05) is 46.2 Å². The van der Waals surface area contributed by atoms with Crippen LogP contribution in [0.4, 0.5) is 0 Å². The van der Waals surface area contributed by atoms with Crippen molar-refractivity contribution in [3.8, 4) is 0 Å². The lowest BCUT2D eigenvalue weighted by molar-refractivity contribution is 0.0698. The summed E-state index contributed by atoms with van der Waals surface area (Å²) in [5.41, 5.74) is 2.53. The van der Waals surface area contributed by atoms with Gasteiger partial charge in [0.1, 0.15) is 0 Å². The van der Waals surface area contributed by atoms with Gasteiger partial charge in [-0.2, -0.15) is 0 Å². The van der Waals surface area contributed by atoms with Crippen molar-refractivity contribution in [1.82, 2.24) is 15.6 Å². The van der Waals surface area contributed by atoms with Crippen LogP contribution in [-0.4, -0.2) is 58.0 Å². The Kier molecular flexibility index (Phi) is 14.1. The standard InChI is InChI=1S/C16H28N4O2.HI/c1-14-13-18-8-5-15(14)6-9-20-16(17-2)19-7-4-10-22-12-11-21-3;/h5,8,13H,4,6-7,9-12H2,1-3H3,(H2,17,19,20);1H. The smallest absolute Gasteiger partial charge is 0.190 e. The highest BCUT2D eigenvalue weighted by Crippen LogP contribution is 2.04. The van der Waals surface area contributed by atoms with E-state index in [-0.39, 0.29) is 24.0 Å². The minimum Gasteiger partial charge on any atom is -0.382 e. The molecule has 1 aromatic heterocycles. The number of nitrogens with zero attached hydrogens (tertiary/aromatic N) is 2. The van der Waals surface area contributed by atoms with Gasteiger partial charge in [0.25, 0.3) is 0 Å². The molecule has 0 saturated carbocycles. The van der Waals surface area contributed by atoms with Gasteiger partial charge in [-0.25, -0.2) is 0 Å². The first-order valence-electron chi connectivity index (χ1n) is 7.68. The molecule has 0 amide bonds. The van der Waals surface area contributed by atoms with Crippen LogP contribution in [0.3, 0.4) is 0 Å². The molecule has 1 heterocycles. The lowest BCUT2D eigenvalue weighted by Crippen LogP contribution is -2.39. The highest BCUT2D eigenvalue weighted by molar-refractivity contribution is 14.0. The Balaban J connectivity index is 0.00000484. The second-order valence-corrected chi connectivity index (χ2v) is 4.94. The molecule has 2 N–H and O–H groups in total. The summed E-state index contributed by atoms with van der Waals surface area (Å²) in [5.74, 6) is 0.823. The van der Waals surface area contributed by atoms with Crippen molar-refractivity contribution in [2.24, 2.45) is 4.99 Å². The highest BCUT2D eigenvalue weighted by atomic mass is 127. The van der Waals surface area contributed by atoms with Crippen LogP contribution < -0.4 is 10.6 Å². The molecular weight excluding hydrogens is 407 g/mol. The minimum absolute atomic E-state index is 0. The quantitative estimate of drug-likeness (QED) is 0.253. The number of halogens is 1. The first-order valence-corrected chi connectivity index (χ1v) is 7.68. The third-order valence-corrected chi connectivity index (χ3v) is 3.24. The normalized spacial score (nSPS) is 11.0. The Morgan fingerprint density at radius 1 is 1.22 bits per heavy atom. The van der Waals surface area contributed by atoms with E-state index in [1.807, 2.05) is 12.4 Å². The summed E-state index contributed by atoms with van der Waals surface area (Å²) in [4.78, 5) is 8.31. The number of methoxy groups -OCH3 is 1. The van der Waals surface area contributed by atoms with Crippen molar-refractivity contribution in [1.29, 1.82) is 0 Å². The Labute approximate surface area is 156 Å². The molecule has 0 aromatic carbocycles. The summed E-state index contributed by atoms with van der Waals surface area (Å²) < 4.78 is 10.3. The average molecular weight is 436 g/mol. The zero-order valence-electron chi connectivity index (χ0n) is 14.3. The monoisotopic (exact) mass is 436 g/mol. The van der Waals surface area contributed by atoms with Gasteiger partial charge in [0.2, 0.25) is 0 Å². The van der Waals surface area contributed by atoms with Crippen LogP contribution in [-0.2, 0) is 15.9 Å². The number of nitrogens with one attached hydrogen (secondary N) is 2. The van der Waals surface area contributed by atoms with Crippen LogP contribution in [0.1, 0.15) is 17.5 Å². The van der Waals surface area contributed by atoms with Crippen LogP contribution in [0.2, 0.25) is 0 Å². The molecule has 132 valence electrons. The van der Waals surface area contributed by atoms with E-state index in [0.717, 1.165) is 38.5 Å². The zero-order chi connectivity index (χ0) is 16.0. The fourth-order valence-electron chi connectivity index (χ4n) is 1.94. The Morgan fingerprint density at radius 3 is 2.70 bits per heavy atom. The second kappa shape index (κ2) is 14.6. The van der Waals surface area contributed by atoms with E-state index in [9.17, 15) is 0 Å². The molecule has 7 heteroatoms. The molecule has 0 fully saturated rings. The van der Waals surface area contributed by atoms with E-state index >= 15 is 0 Å². The van der Waals surface area contributed by atoms with Gasteiger partial charge in [0.15, 0.2) is 5.96 Å². The van der Waals surface area contributed by atoms with Crippen LogP contribution in [0.15, 0.2) is 23.5 Å². The number of aromatic nitrogens is 1. The summed E-state index contributed by atoms with van der Waals surface area (Å²) >= 11 is 0. The van der Waals surface area contributed by atoms with Gasteiger partial charge in [-0.15, -0.1) is 24.0 Å². The number of rotatable bonds is 10. The van der Waals surface area contributed by atoms with Gasteiger partial charge in [-0.3, -0.25) is 9.98 Å². The maximum absolute atomic E-state index is 5.41. The second-order valence-electron chi connectivity index (χ2n) is 4.94. The molecule has 0 unspecified atom stereocenters. The molecule has 6 nitrogen and oxygen atoms in total. The first-order chi connectivity index (χ1) is 10.8. The van der Waals surface area contributed by atoms with Crippen LogP contribution >= 0.6 is 24.0 Å². The maximum Gasteiger partial charge on any atom is 0.190 e. The first kappa shape index (κ1) is 22.1. The molecule has 0 spiro atoms. The third kappa shape index (κ3) is 10.5. The summed E-state index contributed by atoms with van der Waals surface area (Å²) in [5, 5.41) is 6.59. The lowest BCUT2D eigenvalue weighted by Gasteiger charge is -2.12. The molecule has 1 aromatic rings. The predicted molar refractivity (Wildman–Crippen MR) is 105 cm³/mol. The number of aliphatic imine (C=N–C) groups is 1. The number of aryl methyl sites for hydroxylation is 1. The van der Waals surface area contributed by atoms with E-state index in [4.69, 9.17) is 9.47 Å². The van der Waals surface area contributed by atoms with Crippen molar-refractivity contribution in [2.75, 3.05) is 47.1 Å². The zero-order valence-corrected chi connectivity index (χ0v) is 16.6. The Bertz CT molecular complexity index is 444. The minimum atomic E-state index is 0. The molecule has 0 atom stereocenters. The molecule has 0 radical (unpaired) electrons. The van der Waals surface area contributed by atoms with Crippen LogP contribution in [0.25, 0.3) is 0 Å². The van der Waals surface area contributed by atoms with E-state index in [0.29, 0.717) is 13.2 Å². The summed E-state index contributed by atoms with van der Waals surface area (Å²) in [6.07, 6.45) is 5.62. The number of pyridine rings is 1. The Hall–Kier alpha value is -0.930. The molecule has 1 rings (SSSR count). The molecule has 0 aliphatic heterocycles. The maximum atomic E-state index is 5.41. The van der Waals surface area contributed by atoms with E-state index in [1.165, 1.54) is 11.1 Å². The molecule has 23 heavy (non-hydrogen) atoms. The van der Waals surface area contributed by atoms with Crippen LogP contribution in [0, 0.1) is 6.92 Å². The number of hydrogen-bond acceptors (Lipinski definition) is 4. The fraction of sp³-hybridized carbons (Fsp3) is 0.625. The molecule has 0 bridgehead atoms. The molecule has 0 saturated heterocycles. The summed E-state index contributed by atoms with van der Waals surface area (Å²) in [7, 11) is 3.45. The van der Waals surface area contributed by atoms with Gasteiger partial charge in [-0.1, -0.05) is 0 Å². The highest BCUT2D eigenvalue weighted by Gasteiger charge is 2.00. The summed E-state index contributed by atoms with van der Waals surface area (Å²) in [6, 6.07) is 2.06. The van der Waals surface area contributed by atoms with Crippen molar-refractivity contribution < 1.29 is 9.47 Å². The van der Waals surface area contributed by atoms with Gasteiger partial charge < -0.3 is 20.1 Å². The van der Waals surface area contributed by atoms with Crippen molar-refractivity contribution in [3.05, 3.63) is 29.6 Å². The predicted octanol–water partition coefficient (Wildman–Crippen LogP) is 1.77. The number of ether oxygens (including phenoxy) is 2. The SMILES string of the molecule is CN=C(NCCCOCCOC)NCCc1ccncc1C.I. The third-order valence-electron chi connectivity index (χ3n) is 3.24. The van der Waals surface area contributed by atoms with E-state index < -0.39 is 0 Å². The van der Waals surface area contributed by atoms with Crippen molar-refractivity contribution in [3.63, 3.8) is 0 Å². The van der Waals surface area contributed by atoms with Gasteiger partial charge >= 0.3 is 0 Å². The lowest BCUT2D eigenvalue weighted by atomic mass is 10.1. The fourth-order valence-corrected chi connectivity index (χ4v) is 1.94. The van der Waals surface area contributed by atoms with Crippen LogP contribution in [0.5, 0.6) is 0 Å². The average Bonchev–Trinajstić information content (AvgIpc) is 2.54. The molecule has 0 aliphatic rings. The van der Waals surface area contributed by atoms with E-state index in [1.54, 1.807) is 14.2 Å². The molecular formula is C16H29IN4O2. The van der Waals surface area contributed by atoms with Gasteiger partial charge in [0.05, 0.1) is 13.2 Å². The van der Waals surface area contributed by atoms with Crippen molar-refractivity contribution >= 4 is 29.9 Å². The summed E-state index contributed by atoms with van der Waals surface area (Å²) in [6.45, 7) is 5.78. The topological polar surface area (TPSA) is 67.8 Å². The number of guanidine groups is 1.